The van der Waals surface area contributed by atoms with Crippen molar-refractivity contribution in [2.45, 2.75) is 6.18 Å². The van der Waals surface area contributed by atoms with Crippen LogP contribution in [-0.2, 0) is 11.0 Å². The van der Waals surface area contributed by atoms with Crippen LogP contribution in [0.15, 0.2) is 54.6 Å². The fourth-order valence-corrected chi connectivity index (χ4v) is 3.17. The fourth-order valence-electron chi connectivity index (χ4n) is 3.17. The van der Waals surface area contributed by atoms with Gasteiger partial charge in [-0.25, -0.2) is 0 Å². The summed E-state index contributed by atoms with van der Waals surface area (Å²) in [6.45, 7) is 2.41. The molecule has 0 spiro atoms. The molecule has 0 saturated carbocycles. The average molecular weight is 392 g/mol. The lowest BCUT2D eigenvalue weighted by molar-refractivity contribution is -0.895. The molecule has 1 saturated heterocycles. The van der Waals surface area contributed by atoms with Crippen LogP contribution in [0.5, 0.6) is 0 Å². The number of hydrogen-bond acceptors (Lipinski definition) is 2. The predicted molar refractivity (Wildman–Crippen MR) is 98.0 cm³/mol. The molecule has 0 aromatic heterocycles. The first kappa shape index (κ1) is 19.9. The van der Waals surface area contributed by atoms with E-state index in [-0.39, 0.29) is 24.0 Å². The zero-order valence-corrected chi connectivity index (χ0v) is 15.1. The summed E-state index contributed by atoms with van der Waals surface area (Å²) in [5.41, 5.74) is -0.0453. The van der Waals surface area contributed by atoms with E-state index >= 15 is 0 Å². The minimum atomic E-state index is -4.45. The number of halogens is 3. The van der Waals surface area contributed by atoms with E-state index in [1.807, 2.05) is 18.2 Å². The summed E-state index contributed by atoms with van der Waals surface area (Å²) in [5, 5.41) is 2.52. The summed E-state index contributed by atoms with van der Waals surface area (Å²) in [4.78, 5) is 27.4. The van der Waals surface area contributed by atoms with Gasteiger partial charge in [-0.05, 0) is 30.3 Å². The van der Waals surface area contributed by atoms with E-state index in [1.54, 1.807) is 17.0 Å². The Balaban J connectivity index is 1.50. The normalized spacial score (nSPS) is 15.3. The molecule has 28 heavy (non-hydrogen) atoms. The highest BCUT2D eigenvalue weighted by Gasteiger charge is 2.31. The lowest BCUT2D eigenvalue weighted by atomic mass is 10.2. The van der Waals surface area contributed by atoms with Crippen molar-refractivity contribution in [1.82, 2.24) is 4.90 Å². The van der Waals surface area contributed by atoms with Gasteiger partial charge in [0.05, 0.1) is 31.7 Å². The summed E-state index contributed by atoms with van der Waals surface area (Å²) in [6, 6.07) is 13.6. The third kappa shape index (κ3) is 5.10. The Kier molecular flexibility index (Phi) is 5.99. The van der Waals surface area contributed by atoms with Crippen LogP contribution < -0.4 is 10.2 Å². The third-order valence-corrected chi connectivity index (χ3v) is 4.66. The van der Waals surface area contributed by atoms with Crippen LogP contribution in [0.25, 0.3) is 0 Å². The van der Waals surface area contributed by atoms with Gasteiger partial charge < -0.3 is 15.1 Å². The first-order valence-corrected chi connectivity index (χ1v) is 8.98. The fraction of sp³-hybridized carbons (Fsp3) is 0.300. The van der Waals surface area contributed by atoms with Gasteiger partial charge >= 0.3 is 6.18 Å². The molecule has 2 amide bonds. The molecule has 1 fully saturated rings. The Hall–Kier alpha value is -2.87. The lowest BCUT2D eigenvalue weighted by Crippen LogP contribution is -3.15. The third-order valence-electron chi connectivity index (χ3n) is 4.66. The zero-order valence-electron chi connectivity index (χ0n) is 15.1. The predicted octanol–water partition coefficient (Wildman–Crippen LogP) is 1.68. The highest BCUT2D eigenvalue weighted by molar-refractivity contribution is 5.94. The molecule has 0 bridgehead atoms. The summed E-state index contributed by atoms with van der Waals surface area (Å²) >= 11 is 0. The van der Waals surface area contributed by atoms with E-state index in [1.165, 1.54) is 12.1 Å². The summed E-state index contributed by atoms with van der Waals surface area (Å²) < 4.78 is 38.3. The second kappa shape index (κ2) is 8.43. The number of benzene rings is 2. The minimum absolute atomic E-state index is 0.0342. The molecule has 1 aliphatic rings. The number of anilines is 1. The van der Waals surface area contributed by atoms with Crippen LogP contribution in [0.2, 0.25) is 0 Å². The number of carbonyl (C=O) groups excluding carboxylic acids is 2. The number of rotatable bonds is 4. The second-order valence-electron chi connectivity index (χ2n) is 6.71. The highest BCUT2D eigenvalue weighted by atomic mass is 19.4. The van der Waals surface area contributed by atoms with Crippen molar-refractivity contribution >= 4 is 17.5 Å². The van der Waals surface area contributed by atoms with Gasteiger partial charge in [0.2, 0.25) is 0 Å². The molecule has 0 aliphatic carbocycles. The molecule has 1 heterocycles. The number of alkyl halides is 3. The molecule has 0 unspecified atom stereocenters. The largest absolute Gasteiger partial charge is 0.416 e. The van der Waals surface area contributed by atoms with Crippen molar-refractivity contribution in [3.05, 3.63) is 65.7 Å². The van der Waals surface area contributed by atoms with E-state index in [4.69, 9.17) is 0 Å². The number of nitrogens with zero attached hydrogens (tertiary/aromatic N) is 1. The lowest BCUT2D eigenvalue weighted by Gasteiger charge is -2.32. The molecule has 148 valence electrons. The number of carbonyl (C=O) groups is 2. The standard InChI is InChI=1S/C20H20F3N3O2/c21-20(22,23)16-7-4-8-17(13-16)24-18(27)14-25-9-11-26(12-10-25)19(28)15-5-2-1-3-6-15/h1-8,13H,9-12,14H2,(H,24,27)/p+1. The molecule has 2 aromatic rings. The van der Waals surface area contributed by atoms with Crippen LogP contribution in [0.3, 0.4) is 0 Å². The highest BCUT2D eigenvalue weighted by Crippen LogP contribution is 2.30. The van der Waals surface area contributed by atoms with Gasteiger partial charge in [-0.3, -0.25) is 9.59 Å². The topological polar surface area (TPSA) is 53.9 Å². The van der Waals surface area contributed by atoms with Crippen molar-refractivity contribution in [3.8, 4) is 0 Å². The van der Waals surface area contributed by atoms with Crippen molar-refractivity contribution in [2.24, 2.45) is 0 Å². The van der Waals surface area contributed by atoms with Crippen LogP contribution in [0, 0.1) is 0 Å². The maximum absolute atomic E-state index is 12.8. The van der Waals surface area contributed by atoms with E-state index in [9.17, 15) is 22.8 Å². The van der Waals surface area contributed by atoms with Crippen molar-refractivity contribution < 1.29 is 27.7 Å². The van der Waals surface area contributed by atoms with Crippen LogP contribution in [-0.4, -0.2) is 49.4 Å². The van der Waals surface area contributed by atoms with Crippen LogP contribution in [0.1, 0.15) is 15.9 Å². The van der Waals surface area contributed by atoms with E-state index in [2.05, 4.69) is 5.32 Å². The van der Waals surface area contributed by atoms with Crippen molar-refractivity contribution in [1.29, 1.82) is 0 Å². The van der Waals surface area contributed by atoms with Gasteiger partial charge in [0, 0.05) is 11.3 Å². The van der Waals surface area contributed by atoms with Crippen molar-refractivity contribution in [2.75, 3.05) is 38.0 Å². The Labute approximate surface area is 160 Å². The molecule has 8 heteroatoms. The molecule has 5 nitrogen and oxygen atoms in total. The number of quaternary nitrogens is 1. The Morgan fingerprint density at radius 1 is 1.00 bits per heavy atom. The Morgan fingerprint density at radius 3 is 2.32 bits per heavy atom. The molecular formula is C20H21F3N3O2+. The summed E-state index contributed by atoms with van der Waals surface area (Å²) in [7, 11) is 0. The molecular weight excluding hydrogens is 371 g/mol. The van der Waals surface area contributed by atoms with E-state index in [0.717, 1.165) is 17.0 Å². The van der Waals surface area contributed by atoms with Gasteiger partial charge in [0.1, 0.15) is 0 Å². The molecule has 2 N–H and O–H groups in total. The molecule has 2 aromatic carbocycles. The van der Waals surface area contributed by atoms with Gasteiger partial charge in [0.15, 0.2) is 6.54 Å². The smallest absolute Gasteiger partial charge is 0.327 e. The van der Waals surface area contributed by atoms with Crippen LogP contribution in [0.4, 0.5) is 18.9 Å². The first-order chi connectivity index (χ1) is 13.3. The average Bonchev–Trinajstić information content (AvgIpc) is 2.68. The summed E-state index contributed by atoms with van der Waals surface area (Å²) in [5.74, 6) is -0.384. The number of nitrogens with one attached hydrogen (secondary N) is 2. The zero-order chi connectivity index (χ0) is 20.1. The van der Waals surface area contributed by atoms with Gasteiger partial charge in [-0.1, -0.05) is 24.3 Å². The van der Waals surface area contributed by atoms with Gasteiger partial charge in [-0.15, -0.1) is 0 Å². The minimum Gasteiger partial charge on any atom is -0.327 e. The first-order valence-electron chi connectivity index (χ1n) is 8.98. The second-order valence-corrected chi connectivity index (χ2v) is 6.71. The van der Waals surface area contributed by atoms with E-state index in [0.29, 0.717) is 31.7 Å². The van der Waals surface area contributed by atoms with Crippen LogP contribution >= 0.6 is 0 Å². The maximum Gasteiger partial charge on any atom is 0.416 e. The number of amides is 2. The molecule has 1 aliphatic heterocycles. The molecule has 0 atom stereocenters. The SMILES string of the molecule is O=C(C[NH+]1CCN(C(=O)c2ccccc2)CC1)Nc1cccc(C(F)(F)F)c1. The molecule has 3 rings (SSSR count). The van der Waals surface area contributed by atoms with Gasteiger partial charge in [-0.2, -0.15) is 13.2 Å². The van der Waals surface area contributed by atoms with Crippen molar-refractivity contribution in [3.63, 3.8) is 0 Å². The maximum atomic E-state index is 12.8. The van der Waals surface area contributed by atoms with Gasteiger partial charge in [0.25, 0.3) is 11.8 Å². The number of hydrogen-bond donors (Lipinski definition) is 2. The monoisotopic (exact) mass is 392 g/mol. The summed E-state index contributed by atoms with van der Waals surface area (Å²) in [6.07, 6.45) is -4.45. The Bertz CT molecular complexity index is 832. The molecule has 0 radical (unpaired) electrons. The number of piperazine rings is 1. The van der Waals surface area contributed by atoms with E-state index < -0.39 is 11.7 Å². The quantitative estimate of drug-likeness (QED) is 0.832. The Morgan fingerprint density at radius 2 is 1.68 bits per heavy atom.